The standard InChI is InChI=1S/C16H21N3O2/c1-4-12-9-13(14-11(3)18-21-15(14)17-12)16(20)19-8-6-5-7-10(19)2/h9-10H,4-8H2,1-3H3/t10-/m0/s1. The van der Waals surface area contributed by atoms with Crippen molar-refractivity contribution in [2.45, 2.75) is 52.5 Å². The van der Waals surface area contributed by atoms with Gasteiger partial charge >= 0.3 is 0 Å². The summed E-state index contributed by atoms with van der Waals surface area (Å²) < 4.78 is 5.26. The summed E-state index contributed by atoms with van der Waals surface area (Å²) in [6.07, 6.45) is 4.12. The number of hydrogen-bond acceptors (Lipinski definition) is 4. The molecule has 3 rings (SSSR count). The number of carbonyl (C=O) groups excluding carboxylic acids is 1. The van der Waals surface area contributed by atoms with E-state index in [2.05, 4.69) is 17.1 Å². The van der Waals surface area contributed by atoms with E-state index in [1.165, 1.54) is 6.42 Å². The Kier molecular flexibility index (Phi) is 3.66. The van der Waals surface area contributed by atoms with Crippen LogP contribution in [0.25, 0.3) is 11.1 Å². The molecule has 0 aliphatic carbocycles. The van der Waals surface area contributed by atoms with Crippen LogP contribution in [0.2, 0.25) is 0 Å². The van der Waals surface area contributed by atoms with E-state index < -0.39 is 0 Å². The van der Waals surface area contributed by atoms with Gasteiger partial charge in [0.25, 0.3) is 11.6 Å². The minimum Gasteiger partial charge on any atom is -0.336 e. The second-order valence-corrected chi connectivity index (χ2v) is 5.81. The first-order valence-corrected chi connectivity index (χ1v) is 7.68. The van der Waals surface area contributed by atoms with Gasteiger partial charge in [0, 0.05) is 18.3 Å². The molecule has 0 saturated carbocycles. The number of hydrogen-bond donors (Lipinski definition) is 0. The zero-order chi connectivity index (χ0) is 15.0. The van der Waals surface area contributed by atoms with Gasteiger partial charge in [0.15, 0.2) is 0 Å². The monoisotopic (exact) mass is 287 g/mol. The van der Waals surface area contributed by atoms with E-state index in [0.29, 0.717) is 17.3 Å². The Morgan fingerprint density at radius 1 is 1.48 bits per heavy atom. The number of pyridine rings is 1. The van der Waals surface area contributed by atoms with Gasteiger partial charge in [-0.2, -0.15) is 0 Å². The van der Waals surface area contributed by atoms with E-state index in [-0.39, 0.29) is 5.91 Å². The summed E-state index contributed by atoms with van der Waals surface area (Å²) in [4.78, 5) is 19.4. The molecule has 1 aliphatic heterocycles. The fourth-order valence-electron chi connectivity index (χ4n) is 3.05. The average molecular weight is 287 g/mol. The number of piperidine rings is 1. The highest BCUT2D eigenvalue weighted by atomic mass is 16.5. The van der Waals surface area contributed by atoms with Gasteiger partial charge in [-0.25, -0.2) is 4.98 Å². The Morgan fingerprint density at radius 2 is 2.29 bits per heavy atom. The van der Waals surface area contributed by atoms with Crippen LogP contribution >= 0.6 is 0 Å². The van der Waals surface area contributed by atoms with Crippen LogP contribution in [0, 0.1) is 6.92 Å². The van der Waals surface area contributed by atoms with E-state index in [4.69, 9.17) is 4.52 Å². The lowest BCUT2D eigenvalue weighted by molar-refractivity contribution is 0.0637. The summed E-state index contributed by atoms with van der Waals surface area (Å²) in [6.45, 7) is 6.83. The summed E-state index contributed by atoms with van der Waals surface area (Å²) in [6, 6.07) is 2.19. The van der Waals surface area contributed by atoms with Gasteiger partial charge in [0.1, 0.15) is 0 Å². The number of aryl methyl sites for hydroxylation is 2. The van der Waals surface area contributed by atoms with Gasteiger partial charge in [0.05, 0.1) is 16.6 Å². The third-order valence-corrected chi connectivity index (χ3v) is 4.33. The highest BCUT2D eigenvalue weighted by Crippen LogP contribution is 2.26. The van der Waals surface area contributed by atoms with E-state index >= 15 is 0 Å². The summed E-state index contributed by atoms with van der Waals surface area (Å²) in [5.74, 6) is 0.0793. The topological polar surface area (TPSA) is 59.2 Å². The lowest BCUT2D eigenvalue weighted by atomic mass is 10.0. The molecule has 0 radical (unpaired) electrons. The van der Waals surface area contributed by atoms with Crippen molar-refractivity contribution >= 4 is 17.0 Å². The van der Waals surface area contributed by atoms with E-state index in [0.717, 1.165) is 42.6 Å². The van der Waals surface area contributed by atoms with E-state index in [1.807, 2.05) is 24.8 Å². The van der Waals surface area contributed by atoms with Crippen LogP contribution in [0.3, 0.4) is 0 Å². The van der Waals surface area contributed by atoms with E-state index in [9.17, 15) is 4.79 Å². The summed E-state index contributed by atoms with van der Waals surface area (Å²) in [5, 5.41) is 4.73. The van der Waals surface area contributed by atoms with Gasteiger partial charge in [0.2, 0.25) is 0 Å². The predicted octanol–water partition coefficient (Wildman–Crippen LogP) is 3.11. The van der Waals surface area contributed by atoms with Crippen molar-refractivity contribution in [3.63, 3.8) is 0 Å². The second kappa shape index (κ2) is 5.47. The van der Waals surface area contributed by atoms with E-state index in [1.54, 1.807) is 0 Å². The maximum absolute atomic E-state index is 13.0. The molecule has 1 atom stereocenters. The first-order chi connectivity index (χ1) is 10.1. The molecule has 1 aliphatic rings. The Morgan fingerprint density at radius 3 is 3.00 bits per heavy atom. The van der Waals surface area contributed by atoms with Crippen molar-refractivity contribution in [1.29, 1.82) is 0 Å². The number of amides is 1. The molecule has 0 spiro atoms. The van der Waals surface area contributed by atoms with Crippen molar-refractivity contribution in [2.75, 3.05) is 6.54 Å². The Labute approximate surface area is 124 Å². The molecule has 2 aromatic heterocycles. The third-order valence-electron chi connectivity index (χ3n) is 4.33. The quantitative estimate of drug-likeness (QED) is 0.851. The molecule has 1 saturated heterocycles. The molecule has 2 aromatic rings. The number of likely N-dealkylation sites (tertiary alicyclic amines) is 1. The largest absolute Gasteiger partial charge is 0.336 e. The highest BCUT2D eigenvalue weighted by Gasteiger charge is 2.27. The fraction of sp³-hybridized carbons (Fsp3) is 0.562. The van der Waals surface area contributed by atoms with Crippen molar-refractivity contribution in [1.82, 2.24) is 15.0 Å². The molecular formula is C16H21N3O2. The first-order valence-electron chi connectivity index (χ1n) is 7.68. The number of nitrogens with zero attached hydrogens (tertiary/aromatic N) is 3. The molecule has 3 heterocycles. The Bertz CT molecular complexity index is 677. The van der Waals surface area contributed by atoms with Gasteiger partial charge < -0.3 is 9.42 Å². The maximum atomic E-state index is 13.0. The van der Waals surface area contributed by atoms with Crippen LogP contribution in [0.15, 0.2) is 10.6 Å². The lowest BCUT2D eigenvalue weighted by Gasteiger charge is -2.33. The molecule has 0 unspecified atom stereocenters. The van der Waals surface area contributed by atoms with Crippen LogP contribution in [0.4, 0.5) is 0 Å². The number of carbonyl (C=O) groups is 1. The van der Waals surface area contributed by atoms with Crippen LogP contribution in [-0.2, 0) is 6.42 Å². The first kappa shape index (κ1) is 14.0. The summed E-state index contributed by atoms with van der Waals surface area (Å²) in [5.41, 5.74) is 2.75. The Hall–Kier alpha value is -1.91. The zero-order valence-electron chi connectivity index (χ0n) is 12.8. The van der Waals surface area contributed by atoms with Crippen LogP contribution < -0.4 is 0 Å². The molecule has 5 heteroatoms. The highest BCUT2D eigenvalue weighted by molar-refractivity contribution is 6.06. The maximum Gasteiger partial charge on any atom is 0.258 e. The fourth-order valence-corrected chi connectivity index (χ4v) is 3.05. The van der Waals surface area contributed by atoms with Crippen molar-refractivity contribution < 1.29 is 9.32 Å². The second-order valence-electron chi connectivity index (χ2n) is 5.81. The minimum absolute atomic E-state index is 0.0793. The summed E-state index contributed by atoms with van der Waals surface area (Å²) >= 11 is 0. The minimum atomic E-state index is 0.0793. The van der Waals surface area contributed by atoms with Crippen LogP contribution in [0.5, 0.6) is 0 Å². The van der Waals surface area contributed by atoms with Crippen molar-refractivity contribution in [3.05, 3.63) is 23.0 Å². The predicted molar refractivity (Wildman–Crippen MR) is 80.3 cm³/mol. The van der Waals surface area contributed by atoms with Crippen LogP contribution in [0.1, 0.15) is 54.9 Å². The molecule has 0 aromatic carbocycles. The zero-order valence-corrected chi connectivity index (χ0v) is 12.8. The molecule has 21 heavy (non-hydrogen) atoms. The van der Waals surface area contributed by atoms with Crippen molar-refractivity contribution in [2.24, 2.45) is 0 Å². The number of aromatic nitrogens is 2. The summed E-state index contributed by atoms with van der Waals surface area (Å²) in [7, 11) is 0. The SMILES string of the molecule is CCc1cc(C(=O)N2CCCC[C@@H]2C)c2c(C)noc2n1. The van der Waals surface area contributed by atoms with Crippen LogP contribution in [-0.4, -0.2) is 33.5 Å². The van der Waals surface area contributed by atoms with Gasteiger partial charge in [-0.1, -0.05) is 12.1 Å². The number of rotatable bonds is 2. The number of fused-ring (bicyclic) bond motifs is 1. The third kappa shape index (κ3) is 2.41. The molecule has 5 nitrogen and oxygen atoms in total. The molecular weight excluding hydrogens is 266 g/mol. The molecule has 1 fully saturated rings. The van der Waals surface area contributed by atoms with Gasteiger partial charge in [-0.15, -0.1) is 0 Å². The van der Waals surface area contributed by atoms with Gasteiger partial charge in [-0.3, -0.25) is 4.79 Å². The Balaban J connectivity index is 2.09. The van der Waals surface area contributed by atoms with Gasteiger partial charge in [-0.05, 0) is 45.6 Å². The average Bonchev–Trinajstić information content (AvgIpc) is 2.87. The van der Waals surface area contributed by atoms with Crippen molar-refractivity contribution in [3.8, 4) is 0 Å². The smallest absolute Gasteiger partial charge is 0.258 e. The molecule has 1 amide bonds. The normalized spacial score (nSPS) is 19.2. The molecule has 112 valence electrons. The lowest BCUT2D eigenvalue weighted by Crippen LogP contribution is -2.42. The molecule has 0 N–H and O–H groups in total. The molecule has 0 bridgehead atoms.